The first-order chi connectivity index (χ1) is 8.58. The predicted molar refractivity (Wildman–Crippen MR) is 62.3 cm³/mol. The van der Waals surface area contributed by atoms with E-state index in [2.05, 4.69) is 5.32 Å². The highest BCUT2D eigenvalue weighted by molar-refractivity contribution is 5.73. The number of carbonyl (C=O) groups is 2. The number of hydrogen-bond donors (Lipinski definition) is 3. The van der Waals surface area contributed by atoms with Crippen molar-refractivity contribution in [3.8, 4) is 0 Å². The van der Waals surface area contributed by atoms with Gasteiger partial charge in [-0.2, -0.15) is 0 Å². The van der Waals surface area contributed by atoms with E-state index >= 15 is 0 Å². The van der Waals surface area contributed by atoms with Gasteiger partial charge in [0.05, 0.1) is 13.2 Å². The van der Waals surface area contributed by atoms with Crippen molar-refractivity contribution < 1.29 is 18.7 Å². The van der Waals surface area contributed by atoms with Crippen LogP contribution in [0.1, 0.15) is 13.3 Å². The number of amides is 3. The van der Waals surface area contributed by atoms with Crippen molar-refractivity contribution in [3.63, 3.8) is 0 Å². The molecule has 1 rings (SSSR count). The standard InChI is InChI=1S/C10H19FN4O3/c1-2-18-10(17)15-4-3-7(8(11)6-15)5-13-9(16)14-12/h7-8H,2-6,12H2,1H3,(H2,13,14,16). The molecular formula is C10H19FN4O3. The molecule has 7 nitrogen and oxygen atoms in total. The number of piperidine rings is 1. The molecule has 4 N–H and O–H groups in total. The number of rotatable bonds is 3. The number of hydrogen-bond acceptors (Lipinski definition) is 4. The van der Waals surface area contributed by atoms with Crippen LogP contribution in [0.5, 0.6) is 0 Å². The summed E-state index contributed by atoms with van der Waals surface area (Å²) in [7, 11) is 0. The highest BCUT2D eigenvalue weighted by atomic mass is 19.1. The van der Waals surface area contributed by atoms with E-state index in [1.165, 1.54) is 4.90 Å². The Kier molecular flexibility index (Phi) is 5.63. The molecule has 0 bridgehead atoms. The lowest BCUT2D eigenvalue weighted by atomic mass is 9.95. The molecular weight excluding hydrogens is 243 g/mol. The van der Waals surface area contributed by atoms with Crippen LogP contribution in [0.2, 0.25) is 0 Å². The molecule has 1 aliphatic heterocycles. The summed E-state index contributed by atoms with van der Waals surface area (Å²) in [4.78, 5) is 23.6. The van der Waals surface area contributed by atoms with Gasteiger partial charge in [0, 0.05) is 19.0 Å². The fraction of sp³-hybridized carbons (Fsp3) is 0.800. The summed E-state index contributed by atoms with van der Waals surface area (Å²) in [6.45, 7) is 2.59. The van der Waals surface area contributed by atoms with Gasteiger partial charge in [-0.15, -0.1) is 0 Å². The molecule has 0 saturated carbocycles. The third-order valence-electron chi connectivity index (χ3n) is 2.86. The van der Waals surface area contributed by atoms with Crippen molar-refractivity contribution in [1.82, 2.24) is 15.6 Å². The summed E-state index contributed by atoms with van der Waals surface area (Å²) < 4.78 is 18.6. The average Bonchev–Trinajstić information content (AvgIpc) is 2.37. The molecule has 1 fully saturated rings. The van der Waals surface area contributed by atoms with Gasteiger partial charge in [0.25, 0.3) is 0 Å². The smallest absolute Gasteiger partial charge is 0.409 e. The number of hydrazine groups is 1. The van der Waals surface area contributed by atoms with Crippen LogP contribution in [0.25, 0.3) is 0 Å². The lowest BCUT2D eigenvalue weighted by Crippen LogP contribution is -2.49. The quantitative estimate of drug-likeness (QED) is 0.378. The first kappa shape index (κ1) is 14.5. The molecule has 0 spiro atoms. The Morgan fingerprint density at radius 2 is 2.28 bits per heavy atom. The zero-order valence-electron chi connectivity index (χ0n) is 10.3. The Labute approximate surface area is 105 Å². The van der Waals surface area contributed by atoms with E-state index in [4.69, 9.17) is 10.6 Å². The van der Waals surface area contributed by atoms with Crippen molar-refractivity contribution in [2.45, 2.75) is 19.5 Å². The number of halogens is 1. The number of alkyl halides is 1. The van der Waals surface area contributed by atoms with Crippen LogP contribution in [0.15, 0.2) is 0 Å². The van der Waals surface area contributed by atoms with Gasteiger partial charge < -0.3 is 15.0 Å². The first-order valence-corrected chi connectivity index (χ1v) is 5.88. The Hall–Kier alpha value is -1.57. The molecule has 2 unspecified atom stereocenters. The maximum Gasteiger partial charge on any atom is 0.409 e. The van der Waals surface area contributed by atoms with Gasteiger partial charge in [0.2, 0.25) is 0 Å². The van der Waals surface area contributed by atoms with Crippen LogP contribution in [-0.2, 0) is 4.74 Å². The summed E-state index contributed by atoms with van der Waals surface area (Å²) >= 11 is 0. The first-order valence-electron chi connectivity index (χ1n) is 5.88. The Balaban J connectivity index is 2.36. The zero-order chi connectivity index (χ0) is 13.5. The highest BCUT2D eigenvalue weighted by Crippen LogP contribution is 2.20. The number of urea groups is 1. The normalized spacial score (nSPS) is 23.4. The summed E-state index contributed by atoms with van der Waals surface area (Å²) in [5.74, 6) is 4.58. The number of nitrogens with zero attached hydrogens (tertiary/aromatic N) is 1. The lowest BCUT2D eigenvalue weighted by Gasteiger charge is -2.33. The maximum absolute atomic E-state index is 13.8. The van der Waals surface area contributed by atoms with E-state index in [-0.39, 0.29) is 25.6 Å². The van der Waals surface area contributed by atoms with E-state index in [9.17, 15) is 14.0 Å². The number of ether oxygens (including phenoxy) is 1. The minimum Gasteiger partial charge on any atom is -0.450 e. The second-order valence-electron chi connectivity index (χ2n) is 4.06. The van der Waals surface area contributed by atoms with Gasteiger partial charge in [-0.25, -0.2) is 19.8 Å². The molecule has 0 aromatic heterocycles. The Morgan fingerprint density at radius 3 is 2.83 bits per heavy atom. The second-order valence-corrected chi connectivity index (χ2v) is 4.06. The molecule has 1 saturated heterocycles. The lowest BCUT2D eigenvalue weighted by molar-refractivity contribution is 0.0581. The fourth-order valence-electron chi connectivity index (χ4n) is 1.84. The van der Waals surface area contributed by atoms with E-state index in [1.54, 1.807) is 6.92 Å². The van der Waals surface area contributed by atoms with Gasteiger partial charge in [-0.1, -0.05) is 0 Å². The van der Waals surface area contributed by atoms with Gasteiger partial charge in [0.1, 0.15) is 6.17 Å². The van der Waals surface area contributed by atoms with Crippen molar-refractivity contribution in [2.24, 2.45) is 11.8 Å². The van der Waals surface area contributed by atoms with Crippen molar-refractivity contribution in [2.75, 3.05) is 26.2 Å². The molecule has 104 valence electrons. The molecule has 0 radical (unpaired) electrons. The van der Waals surface area contributed by atoms with Crippen LogP contribution in [0, 0.1) is 5.92 Å². The SMILES string of the molecule is CCOC(=O)N1CCC(CNC(=O)NN)C(F)C1. The molecule has 1 heterocycles. The van der Waals surface area contributed by atoms with Crippen LogP contribution in [0.3, 0.4) is 0 Å². The Morgan fingerprint density at radius 1 is 1.56 bits per heavy atom. The molecule has 3 amide bonds. The number of likely N-dealkylation sites (tertiary alicyclic amines) is 1. The number of nitrogens with one attached hydrogen (secondary N) is 2. The van der Waals surface area contributed by atoms with Crippen molar-refractivity contribution in [3.05, 3.63) is 0 Å². The van der Waals surface area contributed by atoms with E-state index in [0.29, 0.717) is 13.0 Å². The van der Waals surface area contributed by atoms with Gasteiger partial charge in [-0.3, -0.25) is 5.43 Å². The second kappa shape index (κ2) is 7.00. The molecule has 8 heteroatoms. The van der Waals surface area contributed by atoms with E-state index < -0.39 is 18.3 Å². The maximum atomic E-state index is 13.8. The van der Waals surface area contributed by atoms with E-state index in [0.717, 1.165) is 0 Å². The van der Waals surface area contributed by atoms with Gasteiger partial charge in [-0.05, 0) is 13.3 Å². The third kappa shape index (κ3) is 4.02. The monoisotopic (exact) mass is 262 g/mol. The zero-order valence-corrected chi connectivity index (χ0v) is 10.3. The molecule has 0 aliphatic carbocycles. The topological polar surface area (TPSA) is 96.7 Å². The molecule has 18 heavy (non-hydrogen) atoms. The van der Waals surface area contributed by atoms with Crippen LogP contribution >= 0.6 is 0 Å². The summed E-state index contributed by atoms with van der Waals surface area (Å²) in [5, 5.41) is 2.45. The van der Waals surface area contributed by atoms with E-state index in [1.807, 2.05) is 5.43 Å². The highest BCUT2D eigenvalue weighted by Gasteiger charge is 2.32. The largest absolute Gasteiger partial charge is 0.450 e. The van der Waals surface area contributed by atoms with Gasteiger partial charge >= 0.3 is 12.1 Å². The number of carbonyl (C=O) groups excluding carboxylic acids is 2. The van der Waals surface area contributed by atoms with Gasteiger partial charge in [0.15, 0.2) is 0 Å². The average molecular weight is 262 g/mol. The van der Waals surface area contributed by atoms with Crippen LogP contribution < -0.4 is 16.6 Å². The van der Waals surface area contributed by atoms with Crippen molar-refractivity contribution >= 4 is 12.1 Å². The molecule has 0 aromatic carbocycles. The summed E-state index contributed by atoms with van der Waals surface area (Å²) in [5.41, 5.74) is 1.91. The number of nitrogens with two attached hydrogens (primary N) is 1. The van der Waals surface area contributed by atoms with Crippen LogP contribution in [0.4, 0.5) is 14.0 Å². The minimum atomic E-state index is -1.18. The molecule has 1 aliphatic rings. The molecule has 2 atom stereocenters. The third-order valence-corrected chi connectivity index (χ3v) is 2.86. The predicted octanol–water partition coefficient (Wildman–Crippen LogP) is -0.0242. The van der Waals surface area contributed by atoms with Crippen molar-refractivity contribution in [1.29, 1.82) is 0 Å². The minimum absolute atomic E-state index is 0.00454. The summed E-state index contributed by atoms with van der Waals surface area (Å²) in [6, 6.07) is -0.546. The Bertz CT molecular complexity index is 303. The van der Waals surface area contributed by atoms with Crippen LogP contribution in [-0.4, -0.2) is 49.4 Å². The fourth-order valence-corrected chi connectivity index (χ4v) is 1.84. The summed E-state index contributed by atoms with van der Waals surface area (Å²) in [6.07, 6.45) is -1.20. The molecule has 0 aromatic rings.